The molecule has 3 N–H and O–H groups in total. The lowest BCUT2D eigenvalue weighted by molar-refractivity contribution is -0.137. The minimum atomic E-state index is -1.06. The van der Waals surface area contributed by atoms with Crippen LogP contribution in [0, 0.1) is 11.6 Å². The van der Waals surface area contributed by atoms with Crippen LogP contribution in [0.5, 0.6) is 11.6 Å². The third-order valence-electron chi connectivity index (χ3n) is 4.26. The van der Waals surface area contributed by atoms with Crippen molar-refractivity contribution in [3.05, 3.63) is 42.1 Å². The second-order valence-corrected chi connectivity index (χ2v) is 6.88. The van der Waals surface area contributed by atoms with Gasteiger partial charge in [0, 0.05) is 23.9 Å². The number of ether oxygens (including phenoxy) is 1. The zero-order chi connectivity index (χ0) is 23.5. The molecule has 0 fully saturated rings. The van der Waals surface area contributed by atoms with Crippen molar-refractivity contribution in [1.82, 2.24) is 45.4 Å². The fraction of sp³-hybridized carbons (Fsp3) is 0.222. The highest BCUT2D eigenvalue weighted by atomic mass is 35.5. The van der Waals surface area contributed by atoms with E-state index in [2.05, 4.69) is 35.8 Å². The molecule has 3 heterocycles. The lowest BCUT2D eigenvalue weighted by Gasteiger charge is -2.08. The van der Waals surface area contributed by atoms with Gasteiger partial charge in [0.25, 0.3) is 5.88 Å². The van der Waals surface area contributed by atoms with E-state index in [-0.39, 0.29) is 54.2 Å². The standard InChI is InChI=1S/C18H16F2N10O3.ClH/c1-29-25-16(23-27-29)9-4-14(20)18(22-7-9)33-11-2-3-12(13(19)6-11)17-24-28-30(26-17)8-10(21)5-15(31)32;/h2-4,6-7,10H,5,8,21H2,1H3,(H,31,32);1H. The monoisotopic (exact) mass is 494 g/mol. The molecule has 13 nitrogen and oxygen atoms in total. The summed E-state index contributed by atoms with van der Waals surface area (Å²) in [5.41, 5.74) is 6.00. The van der Waals surface area contributed by atoms with Crippen molar-refractivity contribution >= 4 is 18.4 Å². The topological polar surface area (TPSA) is 173 Å². The molecule has 0 aliphatic carbocycles. The maximum Gasteiger partial charge on any atom is 0.304 e. The van der Waals surface area contributed by atoms with Crippen LogP contribution in [0.3, 0.4) is 0 Å². The molecule has 1 aromatic carbocycles. The minimum absolute atomic E-state index is 0. The summed E-state index contributed by atoms with van der Waals surface area (Å²) in [5, 5.41) is 31.7. The fourth-order valence-electron chi connectivity index (χ4n) is 2.80. The molecule has 4 aromatic rings. The molecule has 0 saturated heterocycles. The maximum atomic E-state index is 14.6. The molecular weight excluding hydrogens is 478 g/mol. The first-order chi connectivity index (χ1) is 15.8. The molecular formula is C18H17ClF2N10O3. The Bertz CT molecular complexity index is 1310. The first-order valence-corrected chi connectivity index (χ1v) is 9.41. The molecule has 178 valence electrons. The van der Waals surface area contributed by atoms with Crippen LogP contribution in [0.1, 0.15) is 6.42 Å². The van der Waals surface area contributed by atoms with Crippen LogP contribution in [0.25, 0.3) is 22.8 Å². The third-order valence-corrected chi connectivity index (χ3v) is 4.26. The van der Waals surface area contributed by atoms with E-state index in [0.29, 0.717) is 5.56 Å². The Morgan fingerprint density at radius 1 is 1.15 bits per heavy atom. The number of halogens is 3. The van der Waals surface area contributed by atoms with Crippen molar-refractivity contribution in [2.75, 3.05) is 0 Å². The minimum Gasteiger partial charge on any atom is -0.481 e. The number of nitrogens with zero attached hydrogens (tertiary/aromatic N) is 9. The highest BCUT2D eigenvalue weighted by molar-refractivity contribution is 5.85. The van der Waals surface area contributed by atoms with E-state index < -0.39 is 23.6 Å². The van der Waals surface area contributed by atoms with Gasteiger partial charge in [-0.25, -0.2) is 13.8 Å². The second kappa shape index (κ2) is 10.2. The molecule has 0 radical (unpaired) electrons. The maximum absolute atomic E-state index is 14.6. The number of carbonyl (C=O) groups is 1. The second-order valence-electron chi connectivity index (χ2n) is 6.88. The van der Waals surface area contributed by atoms with E-state index >= 15 is 0 Å². The number of nitrogens with two attached hydrogens (primary N) is 1. The number of hydrogen-bond donors (Lipinski definition) is 2. The summed E-state index contributed by atoms with van der Waals surface area (Å²) in [6.07, 6.45) is 1.02. The quantitative estimate of drug-likeness (QED) is 0.360. The Balaban J connectivity index is 0.00000324. The Hall–Kier alpha value is -4.11. The SMILES string of the molecule is Cl.Cn1nnc(-c2cnc(Oc3ccc(-c4nnn(CC(N)CC(=O)O)n4)c(F)c3)c(F)c2)n1. The van der Waals surface area contributed by atoms with Crippen molar-refractivity contribution in [2.45, 2.75) is 19.0 Å². The Morgan fingerprint density at radius 2 is 1.91 bits per heavy atom. The molecule has 3 aromatic heterocycles. The molecule has 0 spiro atoms. The summed E-state index contributed by atoms with van der Waals surface area (Å²) in [5.74, 6) is -2.83. The van der Waals surface area contributed by atoms with Gasteiger partial charge in [0.2, 0.25) is 11.6 Å². The summed E-state index contributed by atoms with van der Waals surface area (Å²) in [6.45, 7) is -0.00681. The number of rotatable bonds is 8. The highest BCUT2D eigenvalue weighted by Crippen LogP contribution is 2.28. The van der Waals surface area contributed by atoms with Crippen molar-refractivity contribution in [1.29, 1.82) is 0 Å². The van der Waals surface area contributed by atoms with E-state index in [1.807, 2.05) is 0 Å². The third kappa shape index (κ3) is 5.62. The molecule has 0 aliphatic rings. The molecule has 1 atom stereocenters. The van der Waals surface area contributed by atoms with Gasteiger partial charge in [-0.15, -0.1) is 32.8 Å². The van der Waals surface area contributed by atoms with Crippen LogP contribution in [0.2, 0.25) is 0 Å². The summed E-state index contributed by atoms with van der Waals surface area (Å²) in [4.78, 5) is 16.9. The highest BCUT2D eigenvalue weighted by Gasteiger charge is 2.17. The van der Waals surface area contributed by atoms with E-state index in [4.69, 9.17) is 15.6 Å². The molecule has 4 rings (SSSR count). The van der Waals surface area contributed by atoms with Crippen LogP contribution in [0.15, 0.2) is 30.5 Å². The number of benzene rings is 1. The number of hydrogen-bond acceptors (Lipinski definition) is 10. The smallest absolute Gasteiger partial charge is 0.304 e. The van der Waals surface area contributed by atoms with Crippen LogP contribution >= 0.6 is 12.4 Å². The van der Waals surface area contributed by atoms with Gasteiger partial charge in [-0.3, -0.25) is 4.79 Å². The number of carboxylic acids is 1. The van der Waals surface area contributed by atoms with Crippen molar-refractivity contribution in [2.24, 2.45) is 12.8 Å². The van der Waals surface area contributed by atoms with Gasteiger partial charge >= 0.3 is 5.97 Å². The van der Waals surface area contributed by atoms with Gasteiger partial charge in [0.1, 0.15) is 11.6 Å². The Morgan fingerprint density at radius 3 is 2.56 bits per heavy atom. The average molecular weight is 495 g/mol. The molecule has 1 unspecified atom stereocenters. The number of aliphatic carboxylic acids is 1. The molecule has 0 amide bonds. The molecule has 16 heteroatoms. The number of aryl methyl sites for hydroxylation is 1. The van der Waals surface area contributed by atoms with Gasteiger partial charge in [-0.1, -0.05) is 0 Å². The van der Waals surface area contributed by atoms with E-state index in [0.717, 1.165) is 16.9 Å². The normalized spacial score (nSPS) is 11.6. The predicted molar refractivity (Wildman–Crippen MR) is 113 cm³/mol. The van der Waals surface area contributed by atoms with E-state index in [1.165, 1.54) is 23.1 Å². The molecule has 0 saturated carbocycles. The predicted octanol–water partition coefficient (Wildman–Crippen LogP) is 1.22. The van der Waals surface area contributed by atoms with Gasteiger partial charge in [-0.2, -0.15) is 9.59 Å². The van der Waals surface area contributed by atoms with Gasteiger partial charge in [-0.05, 0) is 28.6 Å². The fourth-order valence-corrected chi connectivity index (χ4v) is 2.80. The van der Waals surface area contributed by atoms with Crippen LogP contribution < -0.4 is 10.5 Å². The first-order valence-electron chi connectivity index (χ1n) is 9.41. The van der Waals surface area contributed by atoms with E-state index in [9.17, 15) is 13.6 Å². The number of carboxylic acid groups (broad SMARTS) is 1. The molecule has 0 aliphatic heterocycles. The zero-order valence-corrected chi connectivity index (χ0v) is 18.2. The first kappa shape index (κ1) is 24.5. The number of pyridine rings is 1. The van der Waals surface area contributed by atoms with Gasteiger partial charge < -0.3 is 15.6 Å². The summed E-state index contributed by atoms with van der Waals surface area (Å²) < 4.78 is 34.4. The van der Waals surface area contributed by atoms with Crippen molar-refractivity contribution in [3.8, 4) is 34.4 Å². The number of aromatic nitrogens is 9. The summed E-state index contributed by atoms with van der Waals surface area (Å²) in [7, 11) is 1.57. The average Bonchev–Trinajstić information content (AvgIpc) is 3.38. The van der Waals surface area contributed by atoms with E-state index in [1.54, 1.807) is 7.05 Å². The molecule has 0 bridgehead atoms. The van der Waals surface area contributed by atoms with Crippen molar-refractivity contribution < 1.29 is 23.4 Å². The zero-order valence-electron chi connectivity index (χ0n) is 17.4. The summed E-state index contributed by atoms with van der Waals surface area (Å²) in [6, 6.07) is 4.13. The lowest BCUT2D eigenvalue weighted by atomic mass is 10.2. The Kier molecular flexibility index (Phi) is 7.37. The van der Waals surface area contributed by atoms with Crippen LogP contribution in [-0.4, -0.2) is 62.5 Å². The van der Waals surface area contributed by atoms with Crippen LogP contribution in [0.4, 0.5) is 8.78 Å². The Labute approximate surface area is 196 Å². The largest absolute Gasteiger partial charge is 0.481 e. The van der Waals surface area contributed by atoms with Gasteiger partial charge in [0.05, 0.1) is 25.6 Å². The van der Waals surface area contributed by atoms with Crippen molar-refractivity contribution in [3.63, 3.8) is 0 Å². The number of tetrazole rings is 2. The van der Waals surface area contributed by atoms with Crippen LogP contribution in [-0.2, 0) is 18.4 Å². The van der Waals surface area contributed by atoms with Gasteiger partial charge in [0.15, 0.2) is 5.82 Å². The molecule has 34 heavy (non-hydrogen) atoms. The summed E-state index contributed by atoms with van der Waals surface area (Å²) >= 11 is 0. The lowest BCUT2D eigenvalue weighted by Crippen LogP contribution is -2.30.